The minimum atomic E-state index is -0.146. The molecule has 0 spiro atoms. The number of pyridine rings is 1. The summed E-state index contributed by atoms with van der Waals surface area (Å²) in [5.41, 5.74) is 3.35. The molecule has 25 heavy (non-hydrogen) atoms. The maximum atomic E-state index is 12.2. The third-order valence-electron chi connectivity index (χ3n) is 4.17. The minimum Gasteiger partial charge on any atom is -0.310 e. The maximum Gasteiger partial charge on any atom is 0.230 e. The van der Waals surface area contributed by atoms with Gasteiger partial charge in [-0.3, -0.25) is 4.79 Å². The van der Waals surface area contributed by atoms with Crippen molar-refractivity contribution in [2.24, 2.45) is 5.92 Å². The van der Waals surface area contributed by atoms with Crippen molar-refractivity contribution in [3.8, 4) is 17.3 Å². The Hall–Kier alpha value is -2.87. The van der Waals surface area contributed by atoms with Gasteiger partial charge in [-0.25, -0.2) is 4.98 Å². The van der Waals surface area contributed by atoms with Gasteiger partial charge in [0.15, 0.2) is 6.19 Å². The molecule has 0 radical (unpaired) electrons. The van der Waals surface area contributed by atoms with Crippen LogP contribution in [0.1, 0.15) is 25.8 Å². The standard InChI is InChI=1S/C18H18N4O.C2H6/c1-13-4-2-3-5-16(13)14-6-7-17(20-10-14)21-18(23)15-8-9-22(11-15)12-19;1-2/h2-7,10,15H,8-9,11H2,1H3,(H,20,21,23);1-2H3. The van der Waals surface area contributed by atoms with Gasteiger partial charge >= 0.3 is 0 Å². The molecule has 1 saturated heterocycles. The first-order chi connectivity index (χ1) is 12.2. The van der Waals surface area contributed by atoms with Crippen LogP contribution in [0.25, 0.3) is 11.1 Å². The summed E-state index contributed by atoms with van der Waals surface area (Å²) in [5.74, 6) is 0.328. The van der Waals surface area contributed by atoms with Crippen LogP contribution in [0.4, 0.5) is 5.82 Å². The molecule has 1 unspecified atom stereocenters. The van der Waals surface area contributed by atoms with E-state index in [0.29, 0.717) is 25.3 Å². The van der Waals surface area contributed by atoms with E-state index >= 15 is 0 Å². The van der Waals surface area contributed by atoms with Gasteiger partial charge in [-0.05, 0) is 36.6 Å². The Kier molecular flexibility index (Phi) is 6.53. The summed E-state index contributed by atoms with van der Waals surface area (Å²) in [4.78, 5) is 18.1. The number of amides is 1. The second-order valence-corrected chi connectivity index (χ2v) is 5.77. The Balaban J connectivity index is 0.00000109. The summed E-state index contributed by atoms with van der Waals surface area (Å²) >= 11 is 0. The Morgan fingerprint density at radius 3 is 2.64 bits per heavy atom. The van der Waals surface area contributed by atoms with Crippen LogP contribution in [0.3, 0.4) is 0 Å². The van der Waals surface area contributed by atoms with Crippen LogP contribution in [0, 0.1) is 24.3 Å². The van der Waals surface area contributed by atoms with Gasteiger partial charge < -0.3 is 10.2 Å². The second-order valence-electron chi connectivity index (χ2n) is 5.77. The fourth-order valence-corrected chi connectivity index (χ4v) is 2.82. The number of aryl methyl sites for hydroxylation is 1. The number of carbonyl (C=O) groups excluding carboxylic acids is 1. The Morgan fingerprint density at radius 1 is 1.28 bits per heavy atom. The van der Waals surface area contributed by atoms with Crippen molar-refractivity contribution in [1.29, 1.82) is 5.26 Å². The first-order valence-corrected chi connectivity index (χ1v) is 8.65. The van der Waals surface area contributed by atoms with Crippen LogP contribution in [0.2, 0.25) is 0 Å². The molecular formula is C20H24N4O. The van der Waals surface area contributed by atoms with Crippen molar-refractivity contribution in [3.05, 3.63) is 48.2 Å². The maximum absolute atomic E-state index is 12.2. The van der Waals surface area contributed by atoms with E-state index in [9.17, 15) is 4.79 Å². The van der Waals surface area contributed by atoms with Gasteiger partial charge in [-0.15, -0.1) is 0 Å². The molecule has 1 aliphatic heterocycles. The van der Waals surface area contributed by atoms with E-state index in [1.165, 1.54) is 5.56 Å². The van der Waals surface area contributed by atoms with Crippen LogP contribution in [-0.2, 0) is 4.79 Å². The fourth-order valence-electron chi connectivity index (χ4n) is 2.82. The van der Waals surface area contributed by atoms with Gasteiger partial charge in [0, 0.05) is 24.8 Å². The third kappa shape index (κ3) is 4.57. The molecule has 1 N–H and O–H groups in total. The number of likely N-dealkylation sites (tertiary alicyclic amines) is 1. The number of carbonyl (C=O) groups is 1. The van der Waals surface area contributed by atoms with E-state index in [4.69, 9.17) is 5.26 Å². The zero-order chi connectivity index (χ0) is 18.2. The highest BCUT2D eigenvalue weighted by Gasteiger charge is 2.27. The molecule has 1 atom stereocenters. The first-order valence-electron chi connectivity index (χ1n) is 8.65. The average Bonchev–Trinajstić information content (AvgIpc) is 3.14. The summed E-state index contributed by atoms with van der Waals surface area (Å²) in [6.07, 6.45) is 4.56. The van der Waals surface area contributed by atoms with Crippen LogP contribution in [0.15, 0.2) is 42.6 Å². The Morgan fingerprint density at radius 2 is 2.04 bits per heavy atom. The average molecular weight is 336 g/mol. The normalized spacial score (nSPS) is 15.8. The molecule has 1 aliphatic rings. The highest BCUT2D eigenvalue weighted by atomic mass is 16.2. The van der Waals surface area contributed by atoms with E-state index < -0.39 is 0 Å². The van der Waals surface area contributed by atoms with E-state index in [2.05, 4.69) is 35.6 Å². The van der Waals surface area contributed by atoms with Crippen LogP contribution >= 0.6 is 0 Å². The Labute approximate surface area is 149 Å². The van der Waals surface area contributed by atoms with Crippen molar-refractivity contribution in [2.75, 3.05) is 18.4 Å². The van der Waals surface area contributed by atoms with Crippen LogP contribution in [-0.4, -0.2) is 28.9 Å². The predicted octanol–water partition coefficient (Wildman–Crippen LogP) is 3.82. The summed E-state index contributed by atoms with van der Waals surface area (Å²) in [6, 6.07) is 11.9. The van der Waals surface area contributed by atoms with Crippen molar-refractivity contribution in [2.45, 2.75) is 27.2 Å². The topological polar surface area (TPSA) is 69.0 Å². The van der Waals surface area contributed by atoms with Crippen molar-refractivity contribution in [3.63, 3.8) is 0 Å². The number of aromatic nitrogens is 1. The zero-order valence-corrected chi connectivity index (χ0v) is 15.0. The molecule has 1 aromatic carbocycles. The third-order valence-corrected chi connectivity index (χ3v) is 4.17. The molecule has 5 nitrogen and oxygen atoms in total. The van der Waals surface area contributed by atoms with Gasteiger partial charge in [-0.2, -0.15) is 5.26 Å². The number of nitrogens with one attached hydrogen (secondary N) is 1. The predicted molar refractivity (Wildman–Crippen MR) is 99.7 cm³/mol. The molecule has 2 aromatic rings. The smallest absolute Gasteiger partial charge is 0.230 e. The minimum absolute atomic E-state index is 0.0705. The monoisotopic (exact) mass is 336 g/mol. The number of hydrogen-bond donors (Lipinski definition) is 1. The summed E-state index contributed by atoms with van der Waals surface area (Å²) in [6.45, 7) is 7.20. The lowest BCUT2D eigenvalue weighted by Crippen LogP contribution is -2.25. The number of anilines is 1. The largest absolute Gasteiger partial charge is 0.310 e. The molecular weight excluding hydrogens is 312 g/mol. The molecule has 2 heterocycles. The van der Waals surface area contributed by atoms with Crippen LogP contribution < -0.4 is 5.32 Å². The summed E-state index contributed by atoms with van der Waals surface area (Å²) < 4.78 is 0. The lowest BCUT2D eigenvalue weighted by atomic mass is 10.0. The molecule has 0 bridgehead atoms. The van der Waals surface area contributed by atoms with E-state index in [-0.39, 0.29) is 11.8 Å². The molecule has 130 valence electrons. The van der Waals surface area contributed by atoms with Gasteiger partial charge in [0.2, 0.25) is 5.91 Å². The van der Waals surface area contributed by atoms with Crippen molar-refractivity contribution in [1.82, 2.24) is 9.88 Å². The lowest BCUT2D eigenvalue weighted by molar-refractivity contribution is -0.119. The SMILES string of the molecule is CC.Cc1ccccc1-c1ccc(NC(=O)C2CCN(C#N)C2)nc1. The number of nitrogens with zero attached hydrogens (tertiary/aromatic N) is 3. The van der Waals surface area contributed by atoms with Gasteiger partial charge in [0.1, 0.15) is 5.82 Å². The van der Waals surface area contributed by atoms with Crippen molar-refractivity contribution >= 4 is 11.7 Å². The fraction of sp³-hybridized carbons (Fsp3) is 0.350. The number of rotatable bonds is 3. The highest BCUT2D eigenvalue weighted by Crippen LogP contribution is 2.23. The number of nitriles is 1. The van der Waals surface area contributed by atoms with Crippen molar-refractivity contribution < 1.29 is 4.79 Å². The number of hydrogen-bond acceptors (Lipinski definition) is 4. The van der Waals surface area contributed by atoms with E-state index in [0.717, 1.165) is 11.1 Å². The van der Waals surface area contributed by atoms with Crippen LogP contribution in [0.5, 0.6) is 0 Å². The quantitative estimate of drug-likeness (QED) is 0.865. The van der Waals surface area contributed by atoms with Gasteiger partial charge in [0.25, 0.3) is 0 Å². The lowest BCUT2D eigenvalue weighted by Gasteiger charge is -2.11. The summed E-state index contributed by atoms with van der Waals surface area (Å²) in [5, 5.41) is 11.7. The van der Waals surface area contributed by atoms with E-state index in [1.807, 2.05) is 38.1 Å². The number of benzene rings is 1. The van der Waals surface area contributed by atoms with E-state index in [1.54, 1.807) is 11.1 Å². The highest BCUT2D eigenvalue weighted by molar-refractivity contribution is 5.92. The molecule has 5 heteroatoms. The van der Waals surface area contributed by atoms with Gasteiger partial charge in [-0.1, -0.05) is 38.1 Å². The molecule has 1 aromatic heterocycles. The summed E-state index contributed by atoms with van der Waals surface area (Å²) in [7, 11) is 0. The molecule has 1 amide bonds. The molecule has 1 fully saturated rings. The molecule has 3 rings (SSSR count). The molecule has 0 saturated carbocycles. The second kappa shape index (κ2) is 8.84. The molecule has 0 aliphatic carbocycles. The first kappa shape index (κ1) is 18.5. The van der Waals surface area contributed by atoms with Gasteiger partial charge in [0.05, 0.1) is 5.92 Å². The Bertz CT molecular complexity index is 749. The zero-order valence-electron chi connectivity index (χ0n) is 15.0.